The summed E-state index contributed by atoms with van der Waals surface area (Å²) in [5.74, 6) is 0. The van der Waals surface area contributed by atoms with Gasteiger partial charge in [0.25, 0.3) is 5.56 Å². The Morgan fingerprint density at radius 3 is 3.27 bits per heavy atom. The van der Waals surface area contributed by atoms with Gasteiger partial charge >= 0.3 is 0 Å². The normalized spacial score (nSPS) is 10.6. The van der Waals surface area contributed by atoms with E-state index in [4.69, 9.17) is 0 Å². The summed E-state index contributed by atoms with van der Waals surface area (Å²) in [6.45, 7) is 1.81. The molecule has 1 N–H and O–H groups in total. The number of aromatic amines is 1. The van der Waals surface area contributed by atoms with Gasteiger partial charge in [-0.05, 0) is 6.92 Å². The molecule has 0 aromatic carbocycles. The third-order valence-corrected chi connectivity index (χ3v) is 1.42. The third kappa shape index (κ3) is 0.813. The van der Waals surface area contributed by atoms with Crippen LogP contribution < -0.4 is 5.56 Å². The summed E-state index contributed by atoms with van der Waals surface area (Å²) in [5, 5.41) is 7.22. The zero-order chi connectivity index (χ0) is 7.84. The summed E-state index contributed by atoms with van der Waals surface area (Å²) in [7, 11) is 0. The van der Waals surface area contributed by atoms with Crippen LogP contribution in [0.2, 0.25) is 0 Å². The van der Waals surface area contributed by atoms with Crippen LogP contribution in [0.1, 0.15) is 5.69 Å². The molecule has 0 unspecified atom stereocenters. The molecule has 2 rings (SSSR count). The Kier molecular flexibility index (Phi) is 1.06. The fourth-order valence-corrected chi connectivity index (χ4v) is 0.975. The maximum Gasteiger partial charge on any atom is 0.293 e. The number of hydrogen-bond donors (Lipinski definition) is 1. The van der Waals surface area contributed by atoms with Crippen LogP contribution in [0.5, 0.6) is 0 Å². The van der Waals surface area contributed by atoms with Crippen molar-refractivity contribution in [3.8, 4) is 0 Å². The first-order valence-corrected chi connectivity index (χ1v) is 3.16. The average molecular weight is 150 g/mol. The second-order valence-electron chi connectivity index (χ2n) is 2.33. The van der Waals surface area contributed by atoms with Crippen molar-refractivity contribution < 1.29 is 0 Å². The second-order valence-corrected chi connectivity index (χ2v) is 2.33. The summed E-state index contributed by atoms with van der Waals surface area (Å²) >= 11 is 0. The Bertz CT molecular complexity index is 441. The van der Waals surface area contributed by atoms with Crippen molar-refractivity contribution in [3.63, 3.8) is 0 Å². The molecular formula is C6H6N4O. The van der Waals surface area contributed by atoms with Crippen molar-refractivity contribution >= 4 is 5.65 Å². The number of hydrogen-bond acceptors (Lipinski definition) is 3. The summed E-state index contributed by atoms with van der Waals surface area (Å²) < 4.78 is 1.59. The zero-order valence-electron chi connectivity index (χ0n) is 5.90. The summed E-state index contributed by atoms with van der Waals surface area (Å²) in [6.07, 6.45) is 3.26. The predicted molar refractivity (Wildman–Crippen MR) is 38.3 cm³/mol. The molecule has 5 heteroatoms. The molecule has 0 radical (unpaired) electrons. The van der Waals surface area contributed by atoms with Crippen LogP contribution in [-0.2, 0) is 0 Å². The molecule has 11 heavy (non-hydrogen) atoms. The predicted octanol–water partition coefficient (Wildman–Crippen LogP) is -0.274. The van der Waals surface area contributed by atoms with E-state index in [2.05, 4.69) is 15.2 Å². The van der Waals surface area contributed by atoms with E-state index in [1.54, 1.807) is 17.5 Å². The Hall–Kier alpha value is -1.65. The Morgan fingerprint density at radius 1 is 1.64 bits per heavy atom. The second kappa shape index (κ2) is 1.91. The molecule has 2 aromatic rings. The maximum atomic E-state index is 11.1. The van der Waals surface area contributed by atoms with E-state index in [1.807, 2.05) is 0 Å². The van der Waals surface area contributed by atoms with Gasteiger partial charge in [-0.15, -0.1) is 10.2 Å². The number of rotatable bonds is 0. The first-order chi connectivity index (χ1) is 5.27. The van der Waals surface area contributed by atoms with Gasteiger partial charge in [0, 0.05) is 11.9 Å². The van der Waals surface area contributed by atoms with E-state index < -0.39 is 0 Å². The Labute approximate surface area is 61.7 Å². The van der Waals surface area contributed by atoms with Crippen molar-refractivity contribution in [2.45, 2.75) is 6.92 Å². The highest BCUT2D eigenvalue weighted by Gasteiger charge is 1.99. The quantitative estimate of drug-likeness (QED) is 0.562. The lowest BCUT2D eigenvalue weighted by Crippen LogP contribution is -2.10. The Morgan fingerprint density at radius 2 is 2.45 bits per heavy atom. The van der Waals surface area contributed by atoms with Gasteiger partial charge in [0.2, 0.25) is 5.65 Å². The molecule has 0 bridgehead atoms. The molecule has 0 fully saturated rings. The van der Waals surface area contributed by atoms with Crippen LogP contribution in [-0.4, -0.2) is 19.6 Å². The van der Waals surface area contributed by atoms with Crippen molar-refractivity contribution in [2.24, 2.45) is 0 Å². The zero-order valence-corrected chi connectivity index (χ0v) is 5.90. The minimum atomic E-state index is -0.206. The van der Waals surface area contributed by atoms with Crippen molar-refractivity contribution in [3.05, 3.63) is 28.6 Å². The number of fused-ring (bicyclic) bond motifs is 1. The Balaban J connectivity index is 3.02. The minimum absolute atomic E-state index is 0.206. The van der Waals surface area contributed by atoms with E-state index in [-0.39, 0.29) is 5.56 Å². The fourth-order valence-electron chi connectivity index (χ4n) is 0.975. The lowest BCUT2D eigenvalue weighted by atomic mass is 10.5. The van der Waals surface area contributed by atoms with Gasteiger partial charge in [0.15, 0.2) is 0 Å². The van der Waals surface area contributed by atoms with Gasteiger partial charge < -0.3 is 4.98 Å². The molecule has 0 aliphatic carbocycles. The summed E-state index contributed by atoms with van der Waals surface area (Å²) in [6, 6.07) is 0. The smallest absolute Gasteiger partial charge is 0.293 e. The van der Waals surface area contributed by atoms with Crippen LogP contribution in [0.15, 0.2) is 17.3 Å². The van der Waals surface area contributed by atoms with Gasteiger partial charge in [-0.2, -0.15) is 0 Å². The van der Waals surface area contributed by atoms with Crippen LogP contribution in [0, 0.1) is 6.92 Å². The van der Waals surface area contributed by atoms with E-state index in [1.165, 1.54) is 6.33 Å². The molecule has 56 valence electrons. The molecule has 0 aliphatic heterocycles. The lowest BCUT2D eigenvalue weighted by molar-refractivity contribution is 1.04. The molecule has 0 saturated carbocycles. The van der Waals surface area contributed by atoms with Crippen molar-refractivity contribution in [2.75, 3.05) is 0 Å². The van der Waals surface area contributed by atoms with Crippen LogP contribution in [0.25, 0.3) is 5.65 Å². The molecule has 0 atom stereocenters. The van der Waals surface area contributed by atoms with E-state index in [9.17, 15) is 4.79 Å². The first-order valence-electron chi connectivity index (χ1n) is 3.16. The largest absolute Gasteiger partial charge is 0.322 e. The van der Waals surface area contributed by atoms with Gasteiger partial charge in [-0.1, -0.05) is 0 Å². The summed E-state index contributed by atoms with van der Waals surface area (Å²) in [4.78, 5) is 13.7. The van der Waals surface area contributed by atoms with Gasteiger partial charge in [-0.25, -0.2) is 0 Å². The molecule has 0 spiro atoms. The lowest BCUT2D eigenvalue weighted by Gasteiger charge is -1.92. The number of nitrogens with one attached hydrogen (secondary N) is 1. The molecule has 0 aliphatic rings. The molecule has 2 heterocycles. The number of aromatic nitrogens is 4. The number of aryl methyl sites for hydroxylation is 1. The minimum Gasteiger partial charge on any atom is -0.322 e. The van der Waals surface area contributed by atoms with Crippen molar-refractivity contribution in [1.82, 2.24) is 19.6 Å². The number of H-pyrrole nitrogens is 1. The molecular weight excluding hydrogens is 144 g/mol. The van der Waals surface area contributed by atoms with Crippen LogP contribution in [0.4, 0.5) is 0 Å². The van der Waals surface area contributed by atoms with Gasteiger partial charge in [-0.3, -0.25) is 9.20 Å². The molecule has 5 nitrogen and oxygen atoms in total. The standard InChI is InChI=1S/C6H6N4O/c1-4-2-10-3-7-9-5(10)6(11)8-4/h2-3H,1H3,(H,8,11). The number of nitrogens with zero attached hydrogens (tertiary/aromatic N) is 3. The van der Waals surface area contributed by atoms with Crippen molar-refractivity contribution in [1.29, 1.82) is 0 Å². The highest BCUT2D eigenvalue weighted by atomic mass is 16.1. The summed E-state index contributed by atoms with van der Waals surface area (Å²) in [5.41, 5.74) is 0.917. The van der Waals surface area contributed by atoms with E-state index in [0.29, 0.717) is 5.65 Å². The molecule has 0 amide bonds. The van der Waals surface area contributed by atoms with Crippen LogP contribution in [0.3, 0.4) is 0 Å². The van der Waals surface area contributed by atoms with E-state index >= 15 is 0 Å². The molecule has 2 aromatic heterocycles. The third-order valence-electron chi connectivity index (χ3n) is 1.42. The van der Waals surface area contributed by atoms with Crippen LogP contribution >= 0.6 is 0 Å². The topological polar surface area (TPSA) is 63.1 Å². The molecule has 0 saturated heterocycles. The van der Waals surface area contributed by atoms with Gasteiger partial charge in [0.05, 0.1) is 0 Å². The highest BCUT2D eigenvalue weighted by Crippen LogP contribution is 1.91. The first kappa shape index (κ1) is 6.09. The average Bonchev–Trinajstić information content (AvgIpc) is 2.34. The maximum absolute atomic E-state index is 11.1. The SMILES string of the molecule is Cc1cn2cnnc2c(=O)[nH]1. The fraction of sp³-hybridized carbons (Fsp3) is 0.167. The monoisotopic (exact) mass is 150 g/mol. The van der Waals surface area contributed by atoms with E-state index in [0.717, 1.165) is 5.69 Å². The van der Waals surface area contributed by atoms with Gasteiger partial charge in [0.1, 0.15) is 6.33 Å². The highest BCUT2D eigenvalue weighted by molar-refractivity contribution is 5.32.